The molecule has 2 N–H and O–H groups in total. The Kier molecular flexibility index (Phi) is 7.79. The number of Topliss-reactive ketones (excluding diaryl/α,β-unsaturated/α-hetero) is 1. The molecule has 6 nitrogen and oxygen atoms in total. The number of para-hydroxylation sites is 1. The van der Waals surface area contributed by atoms with Crippen LogP contribution in [0, 0.1) is 0 Å². The quantitative estimate of drug-likeness (QED) is 0.660. The molecule has 0 aliphatic heterocycles. The first-order valence-electron chi connectivity index (χ1n) is 9.60. The zero-order valence-corrected chi connectivity index (χ0v) is 17.3. The molecule has 0 bridgehead atoms. The van der Waals surface area contributed by atoms with Crippen LogP contribution >= 0.6 is 0 Å². The highest BCUT2D eigenvalue weighted by atomic mass is 16.6. The molecule has 1 amide bonds. The van der Waals surface area contributed by atoms with Crippen molar-refractivity contribution in [1.82, 2.24) is 5.32 Å². The minimum absolute atomic E-state index is 0.0857. The van der Waals surface area contributed by atoms with E-state index in [1.165, 1.54) is 6.92 Å². The number of ether oxygens (including phenoxy) is 2. The summed E-state index contributed by atoms with van der Waals surface area (Å²) in [5.41, 5.74) is 0.750. The minimum Gasteiger partial charge on any atom is -0.490 e. The normalized spacial score (nSPS) is 13.3. The fourth-order valence-corrected chi connectivity index (χ4v) is 2.78. The fourth-order valence-electron chi connectivity index (χ4n) is 2.78. The van der Waals surface area contributed by atoms with Gasteiger partial charge in [-0.05, 0) is 51.8 Å². The van der Waals surface area contributed by atoms with Gasteiger partial charge < -0.3 is 19.9 Å². The highest BCUT2D eigenvalue weighted by Crippen LogP contribution is 2.19. The Bertz CT molecular complexity index is 814. The molecule has 2 atom stereocenters. The second kappa shape index (κ2) is 10.1. The molecule has 2 aromatic rings. The van der Waals surface area contributed by atoms with E-state index >= 15 is 0 Å². The van der Waals surface area contributed by atoms with Crippen molar-refractivity contribution in [2.75, 3.05) is 6.61 Å². The predicted molar refractivity (Wildman–Crippen MR) is 111 cm³/mol. The van der Waals surface area contributed by atoms with E-state index in [2.05, 4.69) is 5.32 Å². The Morgan fingerprint density at radius 3 is 2.28 bits per heavy atom. The Hall–Kier alpha value is -2.86. The molecule has 0 heterocycles. The topological polar surface area (TPSA) is 84.9 Å². The van der Waals surface area contributed by atoms with Gasteiger partial charge in [0.15, 0.2) is 5.78 Å². The van der Waals surface area contributed by atoms with Gasteiger partial charge in [0.25, 0.3) is 0 Å². The molecule has 156 valence electrons. The van der Waals surface area contributed by atoms with Crippen LogP contribution in [0.25, 0.3) is 0 Å². The largest absolute Gasteiger partial charge is 0.490 e. The summed E-state index contributed by atoms with van der Waals surface area (Å²) in [5, 5.41) is 13.5. The number of ketones is 1. The maximum absolute atomic E-state index is 12.3. The van der Waals surface area contributed by atoms with Gasteiger partial charge in [0.05, 0.1) is 11.6 Å². The van der Waals surface area contributed by atoms with Crippen molar-refractivity contribution in [2.24, 2.45) is 0 Å². The Balaban J connectivity index is 2.10. The maximum Gasteiger partial charge on any atom is 0.407 e. The van der Waals surface area contributed by atoms with Gasteiger partial charge in [-0.25, -0.2) is 4.79 Å². The number of carbonyl (C=O) groups is 2. The van der Waals surface area contributed by atoms with Gasteiger partial charge in [-0.1, -0.05) is 42.5 Å². The number of aliphatic hydroxyl groups excluding tert-OH is 1. The highest BCUT2D eigenvalue weighted by Gasteiger charge is 2.26. The molecule has 0 fully saturated rings. The fraction of sp³-hybridized carbons (Fsp3) is 0.391. The van der Waals surface area contributed by atoms with Crippen LogP contribution in [0.15, 0.2) is 54.6 Å². The van der Waals surface area contributed by atoms with E-state index in [-0.39, 0.29) is 12.4 Å². The second-order valence-corrected chi connectivity index (χ2v) is 7.87. The standard InChI is InChI=1S/C23H29NO5/c1-16(25)18-12-8-9-13-21(18)28-15-20(26)19(14-17-10-6-5-7-11-17)24-22(27)29-23(2,3)4/h5-13,19-20,26H,14-15H2,1-4H3,(H,24,27)/t19-,20-/m0/s1. The Morgan fingerprint density at radius 2 is 1.66 bits per heavy atom. The second-order valence-electron chi connectivity index (χ2n) is 7.87. The van der Waals surface area contributed by atoms with Gasteiger partial charge in [-0.2, -0.15) is 0 Å². The third-order valence-corrected chi connectivity index (χ3v) is 4.14. The number of aliphatic hydroxyl groups is 1. The Labute approximate surface area is 171 Å². The molecule has 0 radical (unpaired) electrons. The van der Waals surface area contributed by atoms with E-state index in [0.29, 0.717) is 17.7 Å². The number of rotatable bonds is 8. The Morgan fingerprint density at radius 1 is 1.03 bits per heavy atom. The SMILES string of the molecule is CC(=O)c1ccccc1OC[C@H](O)[C@H](Cc1ccccc1)NC(=O)OC(C)(C)C. The first-order valence-corrected chi connectivity index (χ1v) is 9.60. The molecule has 0 aliphatic rings. The lowest BCUT2D eigenvalue weighted by Crippen LogP contribution is -2.48. The van der Waals surface area contributed by atoms with Crippen LogP contribution in [0.4, 0.5) is 4.79 Å². The van der Waals surface area contributed by atoms with Crippen LogP contribution in [0.3, 0.4) is 0 Å². The summed E-state index contributed by atoms with van der Waals surface area (Å²) in [5.74, 6) is 0.276. The van der Waals surface area contributed by atoms with Crippen LogP contribution in [0.5, 0.6) is 5.75 Å². The summed E-state index contributed by atoms with van der Waals surface area (Å²) in [6, 6.07) is 15.8. The van der Waals surface area contributed by atoms with E-state index in [9.17, 15) is 14.7 Å². The first kappa shape index (κ1) is 22.4. The molecular formula is C23H29NO5. The van der Waals surface area contributed by atoms with Crippen LogP contribution in [-0.4, -0.2) is 41.3 Å². The van der Waals surface area contributed by atoms with Crippen molar-refractivity contribution in [3.63, 3.8) is 0 Å². The molecule has 0 unspecified atom stereocenters. The van der Waals surface area contributed by atoms with Gasteiger partial charge in [0.2, 0.25) is 0 Å². The number of hydrogen-bond donors (Lipinski definition) is 2. The lowest BCUT2D eigenvalue weighted by atomic mass is 10.0. The minimum atomic E-state index is -1.01. The van der Waals surface area contributed by atoms with Gasteiger partial charge >= 0.3 is 6.09 Å². The van der Waals surface area contributed by atoms with Crippen LogP contribution in [0.2, 0.25) is 0 Å². The highest BCUT2D eigenvalue weighted by molar-refractivity contribution is 5.96. The van der Waals surface area contributed by atoms with Crippen molar-refractivity contribution in [3.8, 4) is 5.75 Å². The maximum atomic E-state index is 12.3. The van der Waals surface area contributed by atoms with Gasteiger partial charge in [0, 0.05) is 0 Å². The summed E-state index contributed by atoms with van der Waals surface area (Å²) in [4.78, 5) is 24.0. The van der Waals surface area contributed by atoms with E-state index < -0.39 is 23.8 Å². The summed E-state index contributed by atoms with van der Waals surface area (Å²) in [7, 11) is 0. The summed E-state index contributed by atoms with van der Waals surface area (Å²) in [6.45, 7) is 6.70. The van der Waals surface area contributed by atoms with E-state index in [1.54, 1.807) is 45.0 Å². The van der Waals surface area contributed by atoms with Crippen molar-refractivity contribution < 1.29 is 24.2 Å². The van der Waals surface area contributed by atoms with E-state index in [4.69, 9.17) is 9.47 Å². The van der Waals surface area contributed by atoms with E-state index in [0.717, 1.165) is 5.56 Å². The predicted octanol–water partition coefficient (Wildman–Crippen LogP) is 3.76. The molecule has 2 rings (SSSR count). The number of alkyl carbamates (subject to hydrolysis) is 1. The number of nitrogens with one attached hydrogen (secondary N) is 1. The smallest absolute Gasteiger partial charge is 0.407 e. The zero-order chi connectivity index (χ0) is 21.4. The third kappa shape index (κ3) is 7.58. The van der Waals surface area contributed by atoms with Gasteiger partial charge in [-0.15, -0.1) is 0 Å². The molecule has 6 heteroatoms. The average Bonchev–Trinajstić information content (AvgIpc) is 2.65. The van der Waals surface area contributed by atoms with Gasteiger partial charge in [-0.3, -0.25) is 4.79 Å². The lowest BCUT2D eigenvalue weighted by Gasteiger charge is -2.27. The van der Waals surface area contributed by atoms with Crippen molar-refractivity contribution >= 4 is 11.9 Å². The van der Waals surface area contributed by atoms with Crippen LogP contribution < -0.4 is 10.1 Å². The summed E-state index contributed by atoms with van der Waals surface area (Å²) < 4.78 is 11.0. The third-order valence-electron chi connectivity index (χ3n) is 4.14. The van der Waals surface area contributed by atoms with Gasteiger partial charge in [0.1, 0.15) is 24.1 Å². The number of benzene rings is 2. The van der Waals surface area contributed by atoms with Crippen LogP contribution in [0.1, 0.15) is 43.6 Å². The van der Waals surface area contributed by atoms with Crippen molar-refractivity contribution in [3.05, 3.63) is 65.7 Å². The zero-order valence-electron chi connectivity index (χ0n) is 17.3. The molecule has 2 aromatic carbocycles. The van der Waals surface area contributed by atoms with Crippen molar-refractivity contribution in [1.29, 1.82) is 0 Å². The number of carbonyl (C=O) groups excluding carboxylic acids is 2. The molecule has 0 aliphatic carbocycles. The number of amides is 1. The molecule has 0 saturated carbocycles. The molecule has 0 spiro atoms. The van der Waals surface area contributed by atoms with Crippen molar-refractivity contribution in [2.45, 2.75) is 51.9 Å². The van der Waals surface area contributed by atoms with Crippen LogP contribution in [-0.2, 0) is 11.2 Å². The molecule has 0 aromatic heterocycles. The average molecular weight is 399 g/mol. The monoisotopic (exact) mass is 399 g/mol. The van der Waals surface area contributed by atoms with E-state index in [1.807, 2.05) is 30.3 Å². The molecule has 29 heavy (non-hydrogen) atoms. The first-order chi connectivity index (χ1) is 13.7. The summed E-state index contributed by atoms with van der Waals surface area (Å²) in [6.07, 6.45) is -1.22. The number of hydrogen-bond acceptors (Lipinski definition) is 5. The summed E-state index contributed by atoms with van der Waals surface area (Å²) >= 11 is 0. The molecular weight excluding hydrogens is 370 g/mol. The molecule has 0 saturated heterocycles. The lowest BCUT2D eigenvalue weighted by molar-refractivity contribution is 0.0348.